The molecule has 0 saturated carbocycles. The lowest BCUT2D eigenvalue weighted by molar-refractivity contribution is 0.274. The summed E-state index contributed by atoms with van der Waals surface area (Å²) in [7, 11) is 4.25. The zero-order valence-corrected chi connectivity index (χ0v) is 69.5. The molecule has 5 aromatic rings. The summed E-state index contributed by atoms with van der Waals surface area (Å²) in [5.74, 6) is 0. The normalized spacial score (nSPS) is 12.3. The monoisotopic (exact) mass is 1440 g/mol. The molecule has 5 aromatic carbocycles. The molecule has 5 rings (SSSR count). The van der Waals surface area contributed by atoms with E-state index < -0.39 is 0 Å². The molecule has 0 unspecified atom stereocenters. The van der Waals surface area contributed by atoms with Crippen LogP contribution in [0.25, 0.3) is 0 Å². The van der Waals surface area contributed by atoms with Crippen LogP contribution in [-0.4, -0.2) is 156 Å². The predicted molar refractivity (Wildman–Crippen MR) is 437 cm³/mol. The maximum atomic E-state index is 11.9. The lowest BCUT2D eigenvalue weighted by Crippen LogP contribution is -2.32. The number of nitrogens with zero attached hydrogens (tertiary/aromatic N) is 5. The van der Waals surface area contributed by atoms with Gasteiger partial charge < -0.3 is 51.1 Å². The maximum Gasteiger partial charge on any atom is 0.204 e. The fourth-order valence-corrected chi connectivity index (χ4v) is 13.3. The third-order valence-electron chi connectivity index (χ3n) is 17.3. The molecule has 15 nitrogen and oxygen atoms in total. The molecule has 552 valence electrons. The molecule has 0 radical (unpaired) electrons. The minimum atomic E-state index is -0.127. The van der Waals surface area contributed by atoms with Crippen LogP contribution in [0.15, 0.2) is 24.0 Å². The second-order valence-corrected chi connectivity index (χ2v) is 33.2. The minimum Gasteiger partial charge on any atom is -0.383 e. The van der Waals surface area contributed by atoms with Crippen LogP contribution in [0, 0.1) is 22.6 Å². The van der Waals surface area contributed by atoms with E-state index in [1.807, 2.05) is 0 Å². The van der Waals surface area contributed by atoms with Crippen molar-refractivity contribution in [2.24, 2.45) is 0 Å². The predicted octanol–water partition coefficient (Wildman–Crippen LogP) is 16.2. The average Bonchev–Trinajstić information content (AvgIpc) is 0.797. The molecule has 0 spiro atoms. The van der Waals surface area contributed by atoms with Gasteiger partial charge >= 0.3 is 0 Å². The molecule has 0 aliphatic carbocycles. The summed E-state index contributed by atoms with van der Waals surface area (Å²) in [6, 6.07) is 0. The van der Waals surface area contributed by atoms with Gasteiger partial charge in [-0.3, -0.25) is 24.0 Å². The van der Waals surface area contributed by atoms with Crippen molar-refractivity contribution in [2.45, 2.75) is 244 Å². The average molecular weight is 1440 g/mol. The van der Waals surface area contributed by atoms with Crippen molar-refractivity contribution in [3.8, 4) is 0 Å². The first-order valence-electron chi connectivity index (χ1n) is 36.5. The second kappa shape index (κ2) is 43.3. The summed E-state index contributed by atoms with van der Waals surface area (Å²) in [5, 5.41) is 16.8. The Morgan fingerprint density at radius 3 is 0.691 bits per heavy atom. The van der Waals surface area contributed by atoms with Crippen LogP contribution >= 0.6 is 61.1 Å². The van der Waals surface area contributed by atoms with Gasteiger partial charge in [0, 0.05) is 60.5 Å². The standard InChI is InChI=1S/C17H30N2OS.C16H28N2OS.2C15H26N2OS.C14H24N2OS/c1-6-10-19(11-7-2)12-8-9-18-14-13(17(3,4)5)15(20)16(14)21;1-6-10-18(7-2)11-8-9-17-13-12(16(3,4)5)14(19)15(13)20;1-6-9-17(5)10-7-8-16-12-11(15(2,3)4)13(18)14(12)19;1-6-17(7-2)10-8-9-16-12-11(15(3,4)5)13(18)14(12)19;1-6-16(5)9-7-8-15-11-10(14(2,3)4)12(17)13(11)18/h18H,6-12H2,1-5H3;17H,6-11H2,1-5H3;2*16H,6-10H2,1-5H3;15H,6-9H2,1-5H3. The number of anilines is 5. The summed E-state index contributed by atoms with van der Waals surface area (Å²) >= 11 is 25.7. The number of hydrogen-bond acceptors (Lipinski definition) is 20. The van der Waals surface area contributed by atoms with Crippen molar-refractivity contribution in [1.82, 2.24) is 24.5 Å². The van der Waals surface area contributed by atoms with Gasteiger partial charge in [0.25, 0.3) is 0 Å². The summed E-state index contributed by atoms with van der Waals surface area (Å²) in [4.78, 5) is 71.0. The minimum absolute atomic E-state index is 0.0469. The molecule has 0 aromatic heterocycles. The SMILES string of the molecule is CCCN(C)CCCNc1c(C(C)(C)C)c(=O)c1=S.CCCN(CC)CCCNc1c(C(C)(C)C)c(=O)c1=S.CCCN(CCC)CCCNc1c(C(C)(C)C)c(=O)c1=S.CCN(C)CCCNc1c(C(C)(C)C)c(=O)c1=S.CCN(CC)CCCNc1c(C(C)(C)C)c(=O)c1=S. The molecule has 20 heteroatoms. The van der Waals surface area contributed by atoms with Gasteiger partial charge in [-0.1, -0.05) is 220 Å². The molecule has 5 N–H and O–H groups in total. The summed E-state index contributed by atoms with van der Waals surface area (Å²) in [6.07, 6.45) is 10.1. The van der Waals surface area contributed by atoms with Crippen molar-refractivity contribution in [3.05, 3.63) is 101 Å². The quantitative estimate of drug-likeness (QED) is 0.0188. The van der Waals surface area contributed by atoms with Crippen LogP contribution in [0.4, 0.5) is 28.4 Å². The van der Waals surface area contributed by atoms with E-state index in [4.69, 9.17) is 61.1 Å². The Kier molecular flexibility index (Phi) is 40.8. The summed E-state index contributed by atoms with van der Waals surface area (Å²) in [6.45, 7) is 67.1. The van der Waals surface area contributed by atoms with Crippen molar-refractivity contribution in [3.63, 3.8) is 0 Å². The Morgan fingerprint density at radius 2 is 0.474 bits per heavy atom. The van der Waals surface area contributed by atoms with Gasteiger partial charge in [0.15, 0.2) is 0 Å². The van der Waals surface area contributed by atoms with Crippen LogP contribution in [0.1, 0.15) is 245 Å². The van der Waals surface area contributed by atoms with Crippen LogP contribution in [0.3, 0.4) is 0 Å². The van der Waals surface area contributed by atoms with Crippen LogP contribution < -0.4 is 53.7 Å². The third-order valence-corrected chi connectivity index (χ3v) is 19.3. The van der Waals surface area contributed by atoms with E-state index in [0.29, 0.717) is 22.6 Å². The first-order valence-corrected chi connectivity index (χ1v) is 38.5. The van der Waals surface area contributed by atoms with E-state index in [0.717, 1.165) is 193 Å². The smallest absolute Gasteiger partial charge is 0.204 e. The second-order valence-electron chi connectivity index (χ2n) is 31.2. The highest BCUT2D eigenvalue weighted by Crippen LogP contribution is 2.34. The Labute approximate surface area is 614 Å². The van der Waals surface area contributed by atoms with Crippen LogP contribution in [0.2, 0.25) is 0 Å². The lowest BCUT2D eigenvalue weighted by Gasteiger charge is -2.26. The topological polar surface area (TPSA) is 162 Å². The fraction of sp³-hybridized carbons (Fsp3) is 0.740. The Balaban J connectivity index is 0.000000607. The molecular weight excluding hydrogens is 1310 g/mol. The Morgan fingerprint density at radius 1 is 0.268 bits per heavy atom. The van der Waals surface area contributed by atoms with E-state index >= 15 is 0 Å². The van der Waals surface area contributed by atoms with Gasteiger partial charge in [-0.05, 0) is 184 Å². The molecule has 97 heavy (non-hydrogen) atoms. The van der Waals surface area contributed by atoms with Gasteiger partial charge in [-0.25, -0.2) is 0 Å². The maximum absolute atomic E-state index is 11.9. The largest absolute Gasteiger partial charge is 0.383 e. The van der Waals surface area contributed by atoms with Crippen LogP contribution in [0.5, 0.6) is 0 Å². The number of hydrogen-bond donors (Lipinski definition) is 5. The molecule has 0 heterocycles. The summed E-state index contributed by atoms with van der Waals surface area (Å²) < 4.78 is 2.40. The van der Waals surface area contributed by atoms with E-state index in [-0.39, 0.29) is 54.2 Å². The molecular formula is C77H134N10O5S5. The van der Waals surface area contributed by atoms with Gasteiger partial charge in [0.2, 0.25) is 27.1 Å². The van der Waals surface area contributed by atoms with Crippen molar-refractivity contribution < 1.29 is 0 Å². The third kappa shape index (κ3) is 28.9. The zero-order valence-electron chi connectivity index (χ0n) is 65.4. The van der Waals surface area contributed by atoms with Crippen LogP contribution in [-0.2, 0) is 27.1 Å². The van der Waals surface area contributed by atoms with Crippen molar-refractivity contribution in [2.75, 3.05) is 158 Å². The molecule has 0 fully saturated rings. The number of rotatable bonds is 37. The molecule has 0 aliphatic heterocycles. The van der Waals surface area contributed by atoms with Gasteiger partial charge in [0.05, 0.1) is 28.4 Å². The zero-order chi connectivity index (χ0) is 74.6. The van der Waals surface area contributed by atoms with E-state index in [1.165, 1.54) is 38.8 Å². The first-order chi connectivity index (χ1) is 45.0. The van der Waals surface area contributed by atoms with Gasteiger partial charge in [-0.2, -0.15) is 0 Å². The van der Waals surface area contributed by atoms with Crippen molar-refractivity contribution in [1.29, 1.82) is 0 Å². The Hall–Kier alpha value is -3.70. The number of nitrogens with one attached hydrogen (secondary N) is 5. The molecule has 0 atom stereocenters. The summed E-state index contributed by atoms with van der Waals surface area (Å²) in [5.41, 5.74) is 8.49. The van der Waals surface area contributed by atoms with Crippen molar-refractivity contribution >= 4 is 89.5 Å². The van der Waals surface area contributed by atoms with Gasteiger partial charge in [-0.15, -0.1) is 0 Å². The molecule has 0 amide bonds. The Bertz CT molecular complexity index is 3490. The van der Waals surface area contributed by atoms with Gasteiger partial charge in [0.1, 0.15) is 22.6 Å². The highest BCUT2D eigenvalue weighted by Gasteiger charge is 2.32. The molecule has 0 bridgehead atoms. The van der Waals surface area contributed by atoms with E-state index in [2.05, 4.69) is 224 Å². The van der Waals surface area contributed by atoms with E-state index in [1.54, 1.807) is 0 Å². The highest BCUT2D eigenvalue weighted by atomic mass is 32.1. The molecule has 0 aliphatic rings. The highest BCUT2D eigenvalue weighted by molar-refractivity contribution is 7.72. The fourth-order valence-electron chi connectivity index (χ4n) is 12.0. The first kappa shape index (κ1) is 91.3. The lowest BCUT2D eigenvalue weighted by atomic mass is 9.82. The molecule has 0 saturated heterocycles. The van der Waals surface area contributed by atoms with E-state index in [9.17, 15) is 24.0 Å².